The number of hydrogen-bond acceptors (Lipinski definition) is 3. The minimum atomic E-state index is -0.691. The molecule has 0 saturated heterocycles. The van der Waals surface area contributed by atoms with Crippen molar-refractivity contribution < 1.29 is 14.4 Å². The van der Waals surface area contributed by atoms with Gasteiger partial charge in [0.05, 0.1) is 10.5 Å². The van der Waals surface area contributed by atoms with Crippen molar-refractivity contribution in [1.82, 2.24) is 0 Å². The van der Waals surface area contributed by atoms with Gasteiger partial charge in [-0.05, 0) is 40.5 Å². The molecule has 0 atom stereocenters. The van der Waals surface area contributed by atoms with Crippen LogP contribution in [0.25, 0.3) is 33.4 Å². The molecule has 0 radical (unpaired) electrons. The smallest absolute Gasteiger partial charge is 0.280 e. The topological polar surface area (TPSA) is 63.4 Å². The molecule has 0 aliphatic heterocycles. The zero-order valence-corrected chi connectivity index (χ0v) is 15.2. The van der Waals surface area contributed by atoms with E-state index in [0.717, 1.165) is 11.1 Å². The number of nitrogens with zero attached hydrogens (tertiary/aromatic N) is 1. The molecule has 4 aromatic rings. The zero-order valence-electron chi connectivity index (χ0n) is 15.2. The highest BCUT2D eigenvalue weighted by molar-refractivity contribution is 5.92. The first kappa shape index (κ1) is 18.4. The molecular weight excluding hydrogens is 369 g/mol. The van der Waals surface area contributed by atoms with Gasteiger partial charge in [0.1, 0.15) is 11.6 Å². The third kappa shape index (κ3) is 3.46. The monoisotopic (exact) mass is 385 g/mol. The summed E-state index contributed by atoms with van der Waals surface area (Å²) in [5.74, 6) is -0.679. The molecule has 4 nitrogen and oxygen atoms in total. The molecule has 4 aromatic carbocycles. The van der Waals surface area contributed by atoms with Crippen LogP contribution in [0.1, 0.15) is 0 Å². The first-order chi connectivity index (χ1) is 14.1. The number of benzene rings is 4. The molecule has 0 amide bonds. The molecule has 0 saturated carbocycles. The normalized spacial score (nSPS) is 10.7. The molecule has 1 N–H and O–H groups in total. The SMILES string of the molecule is O=[N+]([O-])c1cccc(F)c1-c1ccc(-c2ccccc2)cc1-c1ccccc1O. The number of phenols is 1. The molecular formula is C24H16FNO3. The Morgan fingerprint density at radius 3 is 2.17 bits per heavy atom. The van der Waals surface area contributed by atoms with Gasteiger partial charge in [0.25, 0.3) is 5.69 Å². The van der Waals surface area contributed by atoms with Gasteiger partial charge in [0.2, 0.25) is 0 Å². The van der Waals surface area contributed by atoms with Crippen LogP contribution in [0.15, 0.2) is 91.0 Å². The quantitative estimate of drug-likeness (QED) is 0.325. The lowest BCUT2D eigenvalue weighted by Gasteiger charge is -2.15. The number of phenolic OH excluding ortho intramolecular Hbond substituents is 1. The lowest BCUT2D eigenvalue weighted by atomic mass is 9.90. The number of para-hydroxylation sites is 1. The van der Waals surface area contributed by atoms with Crippen molar-refractivity contribution >= 4 is 5.69 Å². The summed E-state index contributed by atoms with van der Waals surface area (Å²) in [7, 11) is 0. The molecule has 0 spiro atoms. The largest absolute Gasteiger partial charge is 0.507 e. The van der Waals surface area contributed by atoms with E-state index in [9.17, 15) is 19.6 Å². The second kappa shape index (κ2) is 7.56. The van der Waals surface area contributed by atoms with Crippen LogP contribution in [0.4, 0.5) is 10.1 Å². The number of rotatable bonds is 4. The number of nitro groups is 1. The Bertz CT molecular complexity index is 1210. The zero-order chi connectivity index (χ0) is 20.4. The summed E-state index contributed by atoms with van der Waals surface area (Å²) in [5.41, 5.74) is 2.70. The van der Waals surface area contributed by atoms with Crippen molar-refractivity contribution in [2.24, 2.45) is 0 Å². The number of nitro benzene ring substituents is 1. The van der Waals surface area contributed by atoms with E-state index in [-0.39, 0.29) is 17.0 Å². The highest BCUT2D eigenvalue weighted by Gasteiger charge is 2.23. The third-order valence-corrected chi connectivity index (χ3v) is 4.78. The molecule has 0 aliphatic carbocycles. The fourth-order valence-electron chi connectivity index (χ4n) is 3.43. The van der Waals surface area contributed by atoms with Crippen molar-refractivity contribution in [3.05, 3.63) is 107 Å². The molecule has 4 rings (SSSR count). The van der Waals surface area contributed by atoms with Gasteiger partial charge < -0.3 is 5.11 Å². The van der Waals surface area contributed by atoms with Crippen molar-refractivity contribution in [2.45, 2.75) is 0 Å². The van der Waals surface area contributed by atoms with E-state index in [1.165, 1.54) is 24.3 Å². The van der Waals surface area contributed by atoms with E-state index in [1.54, 1.807) is 30.3 Å². The maximum absolute atomic E-state index is 14.7. The maximum atomic E-state index is 14.7. The van der Waals surface area contributed by atoms with Crippen LogP contribution in [0.5, 0.6) is 5.75 Å². The van der Waals surface area contributed by atoms with Gasteiger partial charge in [-0.15, -0.1) is 0 Å². The van der Waals surface area contributed by atoms with E-state index < -0.39 is 10.7 Å². The Kier molecular flexibility index (Phi) is 4.79. The molecule has 142 valence electrons. The lowest BCUT2D eigenvalue weighted by molar-refractivity contribution is -0.384. The van der Waals surface area contributed by atoms with Gasteiger partial charge in [0, 0.05) is 11.6 Å². The fourth-order valence-corrected chi connectivity index (χ4v) is 3.43. The average Bonchev–Trinajstić information content (AvgIpc) is 2.74. The van der Waals surface area contributed by atoms with Gasteiger partial charge in [-0.2, -0.15) is 0 Å². The van der Waals surface area contributed by atoms with Gasteiger partial charge in [-0.1, -0.05) is 66.7 Å². The van der Waals surface area contributed by atoms with E-state index in [2.05, 4.69) is 0 Å². The molecule has 0 heterocycles. The van der Waals surface area contributed by atoms with Crippen LogP contribution >= 0.6 is 0 Å². The highest BCUT2D eigenvalue weighted by atomic mass is 19.1. The summed E-state index contributed by atoms with van der Waals surface area (Å²) < 4.78 is 14.7. The lowest BCUT2D eigenvalue weighted by Crippen LogP contribution is -1.97. The van der Waals surface area contributed by atoms with E-state index >= 15 is 0 Å². The predicted molar refractivity (Wildman–Crippen MR) is 111 cm³/mol. The van der Waals surface area contributed by atoms with Crippen LogP contribution in [0.2, 0.25) is 0 Å². The summed E-state index contributed by atoms with van der Waals surface area (Å²) >= 11 is 0. The van der Waals surface area contributed by atoms with Gasteiger partial charge in [-0.25, -0.2) is 4.39 Å². The summed E-state index contributed by atoms with van der Waals surface area (Å²) in [6.45, 7) is 0. The molecule has 0 aromatic heterocycles. The third-order valence-electron chi connectivity index (χ3n) is 4.78. The van der Waals surface area contributed by atoms with Crippen LogP contribution < -0.4 is 0 Å². The molecule has 0 fully saturated rings. The first-order valence-electron chi connectivity index (χ1n) is 8.97. The van der Waals surface area contributed by atoms with Crippen molar-refractivity contribution in [2.75, 3.05) is 0 Å². The molecule has 29 heavy (non-hydrogen) atoms. The maximum Gasteiger partial charge on any atom is 0.280 e. The van der Waals surface area contributed by atoms with Crippen LogP contribution in [0.3, 0.4) is 0 Å². The second-order valence-corrected chi connectivity index (χ2v) is 6.53. The highest BCUT2D eigenvalue weighted by Crippen LogP contribution is 2.43. The van der Waals surface area contributed by atoms with Crippen LogP contribution in [0, 0.1) is 15.9 Å². The van der Waals surface area contributed by atoms with Crippen LogP contribution in [-0.2, 0) is 0 Å². The predicted octanol–water partition coefficient (Wildman–Crippen LogP) is 6.44. The Morgan fingerprint density at radius 2 is 1.45 bits per heavy atom. The summed E-state index contributed by atoms with van der Waals surface area (Å²) in [6.07, 6.45) is 0. The Hall–Kier alpha value is -3.99. The summed E-state index contributed by atoms with van der Waals surface area (Å²) in [6, 6.07) is 25.3. The van der Waals surface area contributed by atoms with E-state index in [1.807, 2.05) is 36.4 Å². The van der Waals surface area contributed by atoms with Crippen molar-refractivity contribution in [1.29, 1.82) is 0 Å². The number of aromatic hydroxyl groups is 1. The minimum absolute atomic E-state index is 0.0120. The number of halogens is 1. The molecule has 0 bridgehead atoms. The van der Waals surface area contributed by atoms with Crippen molar-refractivity contribution in [3.63, 3.8) is 0 Å². The Morgan fingerprint density at radius 1 is 0.724 bits per heavy atom. The van der Waals surface area contributed by atoms with Crippen LogP contribution in [-0.4, -0.2) is 10.0 Å². The van der Waals surface area contributed by atoms with Gasteiger partial charge in [-0.3, -0.25) is 10.1 Å². The summed E-state index contributed by atoms with van der Waals surface area (Å²) in [5, 5.41) is 22.0. The number of hydrogen-bond donors (Lipinski definition) is 1. The van der Waals surface area contributed by atoms with E-state index in [4.69, 9.17) is 0 Å². The van der Waals surface area contributed by atoms with Crippen molar-refractivity contribution in [3.8, 4) is 39.1 Å². The second-order valence-electron chi connectivity index (χ2n) is 6.53. The summed E-state index contributed by atoms with van der Waals surface area (Å²) in [4.78, 5) is 10.9. The molecule has 5 heteroatoms. The fraction of sp³-hybridized carbons (Fsp3) is 0. The standard InChI is InChI=1S/C24H16FNO3/c25-21-10-6-11-22(26(28)29)24(21)19-14-13-17(16-7-2-1-3-8-16)15-20(19)18-9-4-5-12-23(18)27/h1-15,27H. The first-order valence-corrected chi connectivity index (χ1v) is 8.97. The Labute approximate surface area is 166 Å². The minimum Gasteiger partial charge on any atom is -0.507 e. The van der Waals surface area contributed by atoms with Gasteiger partial charge in [0.15, 0.2) is 0 Å². The van der Waals surface area contributed by atoms with E-state index in [0.29, 0.717) is 16.7 Å². The average molecular weight is 385 g/mol. The molecule has 0 aliphatic rings. The van der Waals surface area contributed by atoms with Gasteiger partial charge >= 0.3 is 0 Å². The molecule has 0 unspecified atom stereocenters. The Balaban J connectivity index is 2.04.